The van der Waals surface area contributed by atoms with Crippen molar-refractivity contribution in [1.29, 1.82) is 0 Å². The zero-order valence-corrected chi connectivity index (χ0v) is 5.70. The first kappa shape index (κ1) is 5.71. The fourth-order valence-electron chi connectivity index (χ4n) is 0.794. The molecule has 52 valence electrons. The molecule has 0 N–H and O–H groups in total. The summed E-state index contributed by atoms with van der Waals surface area (Å²) in [5.41, 5.74) is 0. The predicted molar refractivity (Wildman–Crippen MR) is 39.2 cm³/mol. The molecule has 0 aromatic heterocycles. The van der Waals surface area contributed by atoms with Gasteiger partial charge in [0, 0.05) is 20.1 Å². The van der Waals surface area contributed by atoms with Crippen LogP contribution in [0.15, 0.2) is 12.2 Å². The maximum absolute atomic E-state index is 10.9. The monoisotopic (exact) mass is 138 g/mol. The van der Waals surface area contributed by atoms with Crippen molar-refractivity contribution < 1.29 is 11.0 Å². The molecule has 0 radical (unpaired) electrons. The van der Waals surface area contributed by atoms with Gasteiger partial charge in [0.1, 0.15) is 7.85 Å². The molecule has 1 rings (SSSR count). The smallest absolute Gasteiger partial charge is 0.253 e. The summed E-state index contributed by atoms with van der Waals surface area (Å²) in [4.78, 5) is 22.8. The Bertz CT molecular complexity index is 209. The van der Waals surface area contributed by atoms with Gasteiger partial charge in [-0.05, 0) is 0 Å². The van der Waals surface area contributed by atoms with Crippen molar-refractivity contribution in [1.82, 2.24) is 4.90 Å². The zero-order valence-electron chi connectivity index (χ0n) is 6.70. The van der Waals surface area contributed by atoms with Crippen LogP contribution in [0.3, 0.4) is 0 Å². The molecule has 1 aliphatic rings. The Morgan fingerprint density at radius 1 is 1.50 bits per heavy atom. The average Bonchev–Trinajstić information content (AvgIpc) is 2.18. The molecule has 3 nitrogen and oxygen atoms in total. The highest BCUT2D eigenvalue weighted by Gasteiger charge is 2.21. The lowest BCUT2D eigenvalue weighted by Crippen LogP contribution is -2.30. The number of amides is 2. The highest BCUT2D eigenvalue weighted by molar-refractivity contribution is 6.14. The second-order valence-electron chi connectivity index (χ2n) is 2.03. The highest BCUT2D eigenvalue weighted by atomic mass is 16.2. The SMILES string of the molecule is [2H][C@@H](B)CN1C(=O)C=CC1=O. The molecular weight excluding hydrogens is 129 g/mol. The third-order valence-electron chi connectivity index (χ3n) is 1.27. The van der Waals surface area contributed by atoms with Gasteiger partial charge in [0.05, 0.1) is 0 Å². The van der Waals surface area contributed by atoms with Crippen LogP contribution < -0.4 is 0 Å². The fourth-order valence-corrected chi connectivity index (χ4v) is 0.794. The topological polar surface area (TPSA) is 37.4 Å². The molecule has 0 unspecified atom stereocenters. The summed E-state index contributed by atoms with van der Waals surface area (Å²) in [6.07, 6.45) is 2.04. The molecule has 10 heavy (non-hydrogen) atoms. The van der Waals surface area contributed by atoms with E-state index < -0.39 is 6.30 Å². The molecular formula is C6H8BNO2. The van der Waals surface area contributed by atoms with Crippen molar-refractivity contribution in [2.24, 2.45) is 0 Å². The fraction of sp³-hybridized carbons (Fsp3) is 0.333. The average molecular weight is 138 g/mol. The maximum Gasteiger partial charge on any atom is 0.253 e. The van der Waals surface area contributed by atoms with E-state index in [1.54, 1.807) is 7.85 Å². The van der Waals surface area contributed by atoms with Crippen LogP contribution in [-0.2, 0) is 9.59 Å². The van der Waals surface area contributed by atoms with E-state index in [1.165, 1.54) is 12.2 Å². The van der Waals surface area contributed by atoms with Gasteiger partial charge >= 0.3 is 0 Å². The lowest BCUT2D eigenvalue weighted by molar-refractivity contribution is -0.136. The minimum Gasteiger partial charge on any atom is -0.276 e. The van der Waals surface area contributed by atoms with Crippen LogP contribution >= 0.6 is 0 Å². The van der Waals surface area contributed by atoms with Gasteiger partial charge in [-0.2, -0.15) is 0 Å². The van der Waals surface area contributed by atoms with Crippen LogP contribution in [-0.4, -0.2) is 31.1 Å². The Labute approximate surface area is 61.5 Å². The Balaban J connectivity index is 2.59. The molecule has 0 aromatic carbocycles. The summed E-state index contributed by atoms with van der Waals surface area (Å²) in [5.74, 6) is -0.622. The third-order valence-corrected chi connectivity index (χ3v) is 1.27. The quantitative estimate of drug-likeness (QED) is 0.361. The van der Waals surface area contributed by atoms with Crippen molar-refractivity contribution in [3.05, 3.63) is 12.2 Å². The van der Waals surface area contributed by atoms with Gasteiger partial charge < -0.3 is 0 Å². The second kappa shape index (κ2) is 2.69. The number of rotatable bonds is 2. The van der Waals surface area contributed by atoms with Gasteiger partial charge in [-0.3, -0.25) is 14.5 Å². The van der Waals surface area contributed by atoms with Crippen LogP contribution in [0.1, 0.15) is 1.37 Å². The molecule has 0 spiro atoms. The van der Waals surface area contributed by atoms with E-state index in [0.29, 0.717) is 0 Å². The number of imide groups is 1. The van der Waals surface area contributed by atoms with Crippen LogP contribution in [0.4, 0.5) is 0 Å². The van der Waals surface area contributed by atoms with Gasteiger partial charge in [-0.15, -0.1) is 0 Å². The minimum atomic E-state index is -0.414. The van der Waals surface area contributed by atoms with E-state index in [4.69, 9.17) is 1.37 Å². The van der Waals surface area contributed by atoms with E-state index >= 15 is 0 Å². The molecule has 1 heterocycles. The van der Waals surface area contributed by atoms with Crippen LogP contribution in [0, 0.1) is 0 Å². The molecule has 0 saturated heterocycles. The number of carbonyl (C=O) groups excluding carboxylic acids is 2. The number of hydrogen-bond donors (Lipinski definition) is 0. The molecule has 0 bridgehead atoms. The zero-order chi connectivity index (χ0) is 8.43. The van der Waals surface area contributed by atoms with Crippen molar-refractivity contribution in [2.75, 3.05) is 6.54 Å². The summed E-state index contributed by atoms with van der Waals surface area (Å²) in [6, 6.07) is 0. The van der Waals surface area contributed by atoms with Crippen LogP contribution in [0.25, 0.3) is 0 Å². The van der Waals surface area contributed by atoms with E-state index in [2.05, 4.69) is 0 Å². The van der Waals surface area contributed by atoms with E-state index in [1.807, 2.05) is 0 Å². The number of nitrogens with zero attached hydrogens (tertiary/aromatic N) is 1. The first-order valence-electron chi connectivity index (χ1n) is 3.65. The Hall–Kier alpha value is -1.06. The Morgan fingerprint density at radius 2 is 2.00 bits per heavy atom. The largest absolute Gasteiger partial charge is 0.276 e. The normalized spacial score (nSPS) is 21.6. The van der Waals surface area contributed by atoms with E-state index in [-0.39, 0.29) is 18.4 Å². The molecule has 0 aromatic rings. The second-order valence-corrected chi connectivity index (χ2v) is 2.03. The lowest BCUT2D eigenvalue weighted by atomic mass is 10.1. The lowest BCUT2D eigenvalue weighted by Gasteiger charge is -2.10. The number of carbonyl (C=O) groups is 2. The summed E-state index contributed by atoms with van der Waals surface area (Å²) < 4.78 is 7.15. The molecule has 2 amide bonds. The van der Waals surface area contributed by atoms with Gasteiger partial charge in [0.15, 0.2) is 0 Å². The standard InChI is InChI=1S/C6H8BNO2/c7-3-4-8-5(9)1-2-6(8)10/h1-2H,3-4,7H2/i3D/t3-/m1/s1. The van der Waals surface area contributed by atoms with Gasteiger partial charge in [0.2, 0.25) is 0 Å². The van der Waals surface area contributed by atoms with Gasteiger partial charge in [-0.1, -0.05) is 6.30 Å². The molecule has 0 aliphatic carbocycles. The van der Waals surface area contributed by atoms with Gasteiger partial charge in [-0.25, -0.2) is 0 Å². The third kappa shape index (κ3) is 1.10. The molecule has 0 saturated carbocycles. The first-order chi connectivity index (χ1) is 5.11. The first-order valence-corrected chi connectivity index (χ1v) is 3.07. The van der Waals surface area contributed by atoms with Crippen molar-refractivity contribution in [3.8, 4) is 0 Å². The van der Waals surface area contributed by atoms with Crippen molar-refractivity contribution in [3.63, 3.8) is 0 Å². The predicted octanol–water partition coefficient (Wildman–Crippen LogP) is -1.04. The molecule has 4 heteroatoms. The Kier molecular flexibility index (Phi) is 1.53. The van der Waals surface area contributed by atoms with Crippen molar-refractivity contribution >= 4 is 19.7 Å². The molecule has 0 fully saturated rings. The van der Waals surface area contributed by atoms with Crippen LogP contribution in [0.2, 0.25) is 6.30 Å². The summed E-state index contributed by atoms with van der Waals surface area (Å²) in [5, 5.41) is 0. The van der Waals surface area contributed by atoms with Gasteiger partial charge in [0.25, 0.3) is 11.8 Å². The molecule has 1 aliphatic heterocycles. The van der Waals surface area contributed by atoms with E-state index in [9.17, 15) is 9.59 Å². The Morgan fingerprint density at radius 3 is 2.40 bits per heavy atom. The summed E-state index contributed by atoms with van der Waals surface area (Å²) >= 11 is 0. The van der Waals surface area contributed by atoms with Crippen molar-refractivity contribution in [2.45, 2.75) is 6.30 Å². The molecule has 1 atom stereocenters. The van der Waals surface area contributed by atoms with E-state index in [0.717, 1.165) is 4.90 Å². The highest BCUT2D eigenvalue weighted by Crippen LogP contribution is 2.02. The van der Waals surface area contributed by atoms with Crippen LogP contribution in [0.5, 0.6) is 0 Å². The number of hydrogen-bond acceptors (Lipinski definition) is 2. The summed E-state index contributed by atoms with van der Waals surface area (Å²) in [6.45, 7) is 0.185. The maximum atomic E-state index is 10.9. The minimum absolute atomic E-state index is 0.185. The summed E-state index contributed by atoms with van der Waals surface area (Å²) in [7, 11) is 1.64.